The zero-order valence-corrected chi connectivity index (χ0v) is 13.0. The van der Waals surface area contributed by atoms with E-state index in [9.17, 15) is 4.79 Å². The van der Waals surface area contributed by atoms with Gasteiger partial charge in [0.05, 0.1) is 5.92 Å². The molecule has 1 aromatic heterocycles. The molecule has 0 saturated carbocycles. The molecule has 1 N–H and O–H groups in total. The van der Waals surface area contributed by atoms with Crippen LogP contribution in [0.4, 0.5) is 0 Å². The highest BCUT2D eigenvalue weighted by molar-refractivity contribution is 6.31. The van der Waals surface area contributed by atoms with Crippen LogP contribution in [0.2, 0.25) is 5.02 Å². The van der Waals surface area contributed by atoms with Crippen molar-refractivity contribution in [1.29, 1.82) is 0 Å². The zero-order chi connectivity index (χ0) is 15.1. The molecular formula is C16H18ClN3O2. The summed E-state index contributed by atoms with van der Waals surface area (Å²) in [5, 5.41) is 3.82. The Morgan fingerprint density at radius 3 is 2.77 bits per heavy atom. The van der Waals surface area contributed by atoms with Crippen LogP contribution >= 0.6 is 11.6 Å². The van der Waals surface area contributed by atoms with Gasteiger partial charge in [0.25, 0.3) is 0 Å². The van der Waals surface area contributed by atoms with Crippen molar-refractivity contribution in [3.63, 3.8) is 0 Å². The zero-order valence-electron chi connectivity index (χ0n) is 12.2. The number of oxazole rings is 1. The normalized spacial score (nSPS) is 20.3. The molecule has 0 spiro atoms. The summed E-state index contributed by atoms with van der Waals surface area (Å²) < 4.78 is 5.85. The third-order valence-electron chi connectivity index (χ3n) is 4.65. The maximum atomic E-state index is 12.2. The summed E-state index contributed by atoms with van der Waals surface area (Å²) in [6, 6.07) is 5.50. The molecule has 3 heterocycles. The Balaban J connectivity index is 1.44. The number of amides is 1. The Labute approximate surface area is 133 Å². The quantitative estimate of drug-likeness (QED) is 0.923. The van der Waals surface area contributed by atoms with Gasteiger partial charge in [-0.2, -0.15) is 0 Å². The van der Waals surface area contributed by atoms with Crippen LogP contribution in [0, 0.1) is 5.92 Å². The summed E-state index contributed by atoms with van der Waals surface area (Å²) in [6.45, 7) is 3.23. The first-order chi connectivity index (χ1) is 10.7. The molecule has 6 heteroatoms. The fraction of sp³-hybridized carbons (Fsp3) is 0.500. The average Bonchev–Trinajstić information content (AvgIpc) is 2.88. The second kappa shape index (κ2) is 5.56. The highest BCUT2D eigenvalue weighted by Crippen LogP contribution is 2.31. The lowest BCUT2D eigenvalue weighted by Crippen LogP contribution is -2.53. The van der Waals surface area contributed by atoms with Gasteiger partial charge in [0.1, 0.15) is 5.52 Å². The van der Waals surface area contributed by atoms with E-state index in [2.05, 4.69) is 10.3 Å². The van der Waals surface area contributed by atoms with E-state index in [0.29, 0.717) is 10.9 Å². The Morgan fingerprint density at radius 2 is 2.09 bits per heavy atom. The SMILES string of the molecule is O=C(C1CNC1)N1CCC(c2nc3cc(Cl)ccc3o2)CC1. The van der Waals surface area contributed by atoms with E-state index in [0.717, 1.165) is 56.0 Å². The second-order valence-corrected chi connectivity index (χ2v) is 6.56. The van der Waals surface area contributed by atoms with Gasteiger partial charge in [-0.25, -0.2) is 4.98 Å². The first kappa shape index (κ1) is 14.0. The van der Waals surface area contributed by atoms with Crippen LogP contribution in [-0.2, 0) is 4.79 Å². The molecule has 116 valence electrons. The number of hydrogen-bond acceptors (Lipinski definition) is 4. The van der Waals surface area contributed by atoms with E-state index >= 15 is 0 Å². The van der Waals surface area contributed by atoms with Gasteiger partial charge < -0.3 is 14.6 Å². The van der Waals surface area contributed by atoms with E-state index in [4.69, 9.17) is 16.0 Å². The van der Waals surface area contributed by atoms with Crippen LogP contribution in [0.1, 0.15) is 24.7 Å². The number of carbonyl (C=O) groups excluding carboxylic acids is 1. The van der Waals surface area contributed by atoms with Crippen molar-refractivity contribution < 1.29 is 9.21 Å². The molecule has 2 aliphatic heterocycles. The molecule has 0 aliphatic carbocycles. The number of benzene rings is 1. The number of aromatic nitrogens is 1. The number of carbonyl (C=O) groups is 1. The highest BCUT2D eigenvalue weighted by atomic mass is 35.5. The van der Waals surface area contributed by atoms with Crippen LogP contribution in [0.25, 0.3) is 11.1 Å². The van der Waals surface area contributed by atoms with Gasteiger partial charge in [-0.1, -0.05) is 11.6 Å². The van der Waals surface area contributed by atoms with Gasteiger partial charge in [0, 0.05) is 37.1 Å². The van der Waals surface area contributed by atoms with Crippen molar-refractivity contribution in [2.24, 2.45) is 5.92 Å². The predicted octanol–water partition coefficient (Wildman–Crippen LogP) is 2.41. The molecule has 0 unspecified atom stereocenters. The molecular weight excluding hydrogens is 302 g/mol. The summed E-state index contributed by atoms with van der Waals surface area (Å²) in [4.78, 5) is 18.8. The fourth-order valence-electron chi connectivity index (χ4n) is 3.16. The van der Waals surface area contributed by atoms with Gasteiger partial charge >= 0.3 is 0 Å². The molecule has 0 radical (unpaired) electrons. The molecule has 0 atom stereocenters. The second-order valence-electron chi connectivity index (χ2n) is 6.12. The van der Waals surface area contributed by atoms with Gasteiger partial charge in [-0.15, -0.1) is 0 Å². The Kier molecular flexibility index (Phi) is 3.54. The summed E-state index contributed by atoms with van der Waals surface area (Å²) in [6.07, 6.45) is 1.82. The van der Waals surface area contributed by atoms with Crippen molar-refractivity contribution in [1.82, 2.24) is 15.2 Å². The summed E-state index contributed by atoms with van der Waals surface area (Å²) in [5.41, 5.74) is 1.58. The number of nitrogens with one attached hydrogen (secondary N) is 1. The van der Waals surface area contributed by atoms with E-state index < -0.39 is 0 Å². The number of piperidine rings is 1. The van der Waals surface area contributed by atoms with Gasteiger partial charge in [0.15, 0.2) is 11.5 Å². The van der Waals surface area contributed by atoms with Crippen LogP contribution in [0.15, 0.2) is 22.6 Å². The van der Waals surface area contributed by atoms with Crippen molar-refractivity contribution in [3.8, 4) is 0 Å². The lowest BCUT2D eigenvalue weighted by molar-refractivity contribution is -0.138. The minimum absolute atomic E-state index is 0.183. The summed E-state index contributed by atoms with van der Waals surface area (Å²) in [5.74, 6) is 1.54. The van der Waals surface area contributed by atoms with Crippen molar-refractivity contribution >= 4 is 28.6 Å². The van der Waals surface area contributed by atoms with Gasteiger partial charge in [-0.05, 0) is 31.0 Å². The topological polar surface area (TPSA) is 58.4 Å². The smallest absolute Gasteiger partial charge is 0.228 e. The van der Waals surface area contributed by atoms with Crippen LogP contribution < -0.4 is 5.32 Å². The molecule has 1 aromatic carbocycles. The predicted molar refractivity (Wildman–Crippen MR) is 83.9 cm³/mol. The molecule has 0 bridgehead atoms. The molecule has 5 nitrogen and oxygen atoms in total. The first-order valence-corrected chi connectivity index (χ1v) is 8.14. The van der Waals surface area contributed by atoms with Crippen LogP contribution in [-0.4, -0.2) is 42.0 Å². The molecule has 2 aliphatic rings. The number of fused-ring (bicyclic) bond motifs is 1. The lowest BCUT2D eigenvalue weighted by atomic mass is 9.94. The van der Waals surface area contributed by atoms with E-state index in [1.807, 2.05) is 23.1 Å². The third kappa shape index (κ3) is 2.48. The average molecular weight is 320 g/mol. The fourth-order valence-corrected chi connectivity index (χ4v) is 3.33. The maximum absolute atomic E-state index is 12.2. The monoisotopic (exact) mass is 319 g/mol. The minimum atomic E-state index is 0.183. The van der Waals surface area contributed by atoms with E-state index in [1.54, 1.807) is 0 Å². The highest BCUT2D eigenvalue weighted by Gasteiger charge is 2.32. The van der Waals surface area contributed by atoms with E-state index in [1.165, 1.54) is 0 Å². The molecule has 22 heavy (non-hydrogen) atoms. The number of hydrogen-bond donors (Lipinski definition) is 1. The third-order valence-corrected chi connectivity index (χ3v) is 4.89. The Hall–Kier alpha value is -1.59. The number of nitrogens with zero attached hydrogens (tertiary/aromatic N) is 2. The summed E-state index contributed by atoms with van der Waals surface area (Å²) >= 11 is 5.99. The number of halogens is 1. The van der Waals surface area contributed by atoms with Crippen molar-refractivity contribution in [3.05, 3.63) is 29.1 Å². The molecule has 2 saturated heterocycles. The van der Waals surface area contributed by atoms with Crippen molar-refractivity contribution in [2.75, 3.05) is 26.2 Å². The van der Waals surface area contributed by atoms with Gasteiger partial charge in [-0.3, -0.25) is 4.79 Å². The molecule has 2 fully saturated rings. The Bertz CT molecular complexity index is 702. The van der Waals surface area contributed by atoms with E-state index in [-0.39, 0.29) is 11.8 Å². The minimum Gasteiger partial charge on any atom is -0.440 e. The largest absolute Gasteiger partial charge is 0.440 e. The molecule has 4 rings (SSSR count). The molecule has 1 amide bonds. The standard InChI is InChI=1S/C16H18ClN3O2/c17-12-1-2-14-13(7-12)19-15(22-14)10-3-5-20(6-4-10)16(21)11-8-18-9-11/h1-2,7,10-11,18H,3-6,8-9H2. The first-order valence-electron chi connectivity index (χ1n) is 7.76. The Morgan fingerprint density at radius 1 is 1.32 bits per heavy atom. The lowest BCUT2D eigenvalue weighted by Gasteiger charge is -2.36. The number of likely N-dealkylation sites (tertiary alicyclic amines) is 1. The van der Waals surface area contributed by atoms with Crippen molar-refractivity contribution in [2.45, 2.75) is 18.8 Å². The number of rotatable bonds is 2. The van der Waals surface area contributed by atoms with Gasteiger partial charge in [0.2, 0.25) is 5.91 Å². The summed E-state index contributed by atoms with van der Waals surface area (Å²) in [7, 11) is 0. The van der Waals surface area contributed by atoms with Crippen LogP contribution in [0.5, 0.6) is 0 Å². The van der Waals surface area contributed by atoms with Crippen LogP contribution in [0.3, 0.4) is 0 Å². The molecule has 2 aromatic rings. The maximum Gasteiger partial charge on any atom is 0.228 e.